The van der Waals surface area contributed by atoms with Gasteiger partial charge in [-0.1, -0.05) is 67.6 Å². The van der Waals surface area contributed by atoms with Crippen LogP contribution < -0.4 is 4.74 Å². The zero-order valence-corrected chi connectivity index (χ0v) is 17.0. The molecule has 0 aliphatic rings. The molecule has 0 aliphatic carbocycles. The first kappa shape index (κ1) is 19.6. The first-order chi connectivity index (χ1) is 14.7. The normalized spacial score (nSPS) is 10.7. The summed E-state index contributed by atoms with van der Waals surface area (Å²) in [5, 5.41) is 10.9. The highest BCUT2D eigenvalue weighted by molar-refractivity contribution is 5.72. The maximum atomic E-state index is 10.9. The number of phenols is 1. The van der Waals surface area contributed by atoms with Crippen LogP contribution in [0.25, 0.3) is 34.2 Å². The molecule has 0 atom stereocenters. The molecule has 1 aromatic heterocycles. The van der Waals surface area contributed by atoms with E-state index >= 15 is 0 Å². The lowest BCUT2D eigenvalue weighted by atomic mass is 10.1. The Morgan fingerprint density at radius 1 is 0.733 bits per heavy atom. The Kier molecular flexibility index (Phi) is 5.70. The quantitative estimate of drug-likeness (QED) is 0.454. The van der Waals surface area contributed by atoms with Crippen LogP contribution in [0.3, 0.4) is 0 Å². The third kappa shape index (κ3) is 4.01. The molecule has 0 spiro atoms. The van der Waals surface area contributed by atoms with Crippen LogP contribution in [0.15, 0.2) is 72.8 Å². The Bertz CT molecular complexity index is 1090. The van der Waals surface area contributed by atoms with Gasteiger partial charge in [-0.3, -0.25) is 0 Å². The van der Waals surface area contributed by atoms with Gasteiger partial charge in [-0.05, 0) is 25.5 Å². The standard InChI is InChI=1S/C25H23N3O2/c1-3-16-30-21-15-14-20(22(29)17(21)2)25-27-23(18-10-6-4-7-11-18)26-24(28-25)19-12-8-5-9-13-19/h4-15,29H,3,16H2,1-2H3. The van der Waals surface area contributed by atoms with Crippen LogP contribution in [-0.2, 0) is 0 Å². The zero-order valence-electron chi connectivity index (χ0n) is 17.0. The third-order valence-corrected chi connectivity index (χ3v) is 4.78. The maximum Gasteiger partial charge on any atom is 0.167 e. The van der Waals surface area contributed by atoms with Gasteiger partial charge in [0.1, 0.15) is 11.5 Å². The van der Waals surface area contributed by atoms with Crippen LogP contribution in [0.4, 0.5) is 0 Å². The summed E-state index contributed by atoms with van der Waals surface area (Å²) in [7, 11) is 0. The smallest absolute Gasteiger partial charge is 0.167 e. The molecule has 5 heteroatoms. The Labute approximate surface area is 176 Å². The molecule has 4 rings (SSSR count). The van der Waals surface area contributed by atoms with Crippen molar-refractivity contribution in [3.05, 3.63) is 78.4 Å². The summed E-state index contributed by atoms with van der Waals surface area (Å²) in [5.74, 6) is 2.32. The van der Waals surface area contributed by atoms with Crippen molar-refractivity contribution in [1.29, 1.82) is 0 Å². The SMILES string of the molecule is CCCOc1ccc(-c2nc(-c3ccccc3)nc(-c3ccccc3)n2)c(O)c1C. The van der Waals surface area contributed by atoms with E-state index in [4.69, 9.17) is 4.74 Å². The second-order valence-electron chi connectivity index (χ2n) is 6.97. The van der Waals surface area contributed by atoms with Gasteiger partial charge < -0.3 is 9.84 Å². The molecule has 0 amide bonds. The molecule has 0 aliphatic heterocycles. The number of phenolic OH excluding ortho intramolecular Hbond substituents is 1. The van der Waals surface area contributed by atoms with Crippen LogP contribution in [-0.4, -0.2) is 26.7 Å². The Morgan fingerprint density at radius 2 is 1.27 bits per heavy atom. The van der Waals surface area contributed by atoms with Crippen LogP contribution in [0.1, 0.15) is 18.9 Å². The van der Waals surface area contributed by atoms with E-state index in [1.54, 1.807) is 6.07 Å². The summed E-state index contributed by atoms with van der Waals surface area (Å²) in [6.45, 7) is 4.48. The summed E-state index contributed by atoms with van der Waals surface area (Å²) in [5.41, 5.74) is 2.99. The number of hydrogen-bond acceptors (Lipinski definition) is 5. The van der Waals surface area contributed by atoms with E-state index in [0.29, 0.717) is 41.0 Å². The van der Waals surface area contributed by atoms with E-state index < -0.39 is 0 Å². The van der Waals surface area contributed by atoms with Crippen molar-refractivity contribution in [2.45, 2.75) is 20.3 Å². The highest BCUT2D eigenvalue weighted by atomic mass is 16.5. The fourth-order valence-corrected chi connectivity index (χ4v) is 3.16. The lowest BCUT2D eigenvalue weighted by molar-refractivity contribution is 0.313. The van der Waals surface area contributed by atoms with Gasteiger partial charge in [-0.15, -0.1) is 0 Å². The Balaban J connectivity index is 1.86. The van der Waals surface area contributed by atoms with E-state index in [2.05, 4.69) is 15.0 Å². The van der Waals surface area contributed by atoms with Crippen LogP contribution in [0.5, 0.6) is 11.5 Å². The molecule has 30 heavy (non-hydrogen) atoms. The number of aromatic hydroxyl groups is 1. The van der Waals surface area contributed by atoms with Crippen molar-refractivity contribution >= 4 is 0 Å². The van der Waals surface area contributed by atoms with Gasteiger partial charge in [0, 0.05) is 16.7 Å². The monoisotopic (exact) mass is 397 g/mol. The van der Waals surface area contributed by atoms with Gasteiger partial charge in [-0.25, -0.2) is 15.0 Å². The van der Waals surface area contributed by atoms with Crippen molar-refractivity contribution in [2.75, 3.05) is 6.61 Å². The second kappa shape index (κ2) is 8.74. The summed E-state index contributed by atoms with van der Waals surface area (Å²) >= 11 is 0. The van der Waals surface area contributed by atoms with Gasteiger partial charge in [0.15, 0.2) is 17.5 Å². The average Bonchev–Trinajstić information content (AvgIpc) is 2.81. The lowest BCUT2D eigenvalue weighted by Crippen LogP contribution is -2.01. The molecule has 0 bridgehead atoms. The van der Waals surface area contributed by atoms with Crippen molar-refractivity contribution in [2.24, 2.45) is 0 Å². The van der Waals surface area contributed by atoms with Crippen molar-refractivity contribution in [3.63, 3.8) is 0 Å². The molecular weight excluding hydrogens is 374 g/mol. The molecule has 5 nitrogen and oxygen atoms in total. The summed E-state index contributed by atoms with van der Waals surface area (Å²) in [6.07, 6.45) is 0.899. The minimum atomic E-state index is 0.118. The Hall–Kier alpha value is -3.73. The lowest BCUT2D eigenvalue weighted by Gasteiger charge is -2.13. The minimum Gasteiger partial charge on any atom is -0.507 e. The summed E-state index contributed by atoms with van der Waals surface area (Å²) in [6, 6.07) is 23.2. The molecule has 0 unspecified atom stereocenters. The summed E-state index contributed by atoms with van der Waals surface area (Å²) in [4.78, 5) is 14.0. The minimum absolute atomic E-state index is 0.118. The number of aromatic nitrogens is 3. The average molecular weight is 397 g/mol. The number of rotatable bonds is 6. The van der Waals surface area contributed by atoms with E-state index in [-0.39, 0.29) is 5.75 Å². The molecule has 1 N–H and O–H groups in total. The fourth-order valence-electron chi connectivity index (χ4n) is 3.16. The highest BCUT2D eigenvalue weighted by Gasteiger charge is 2.17. The van der Waals surface area contributed by atoms with Crippen LogP contribution >= 0.6 is 0 Å². The predicted octanol–water partition coefficient (Wildman–Crippen LogP) is 5.68. The first-order valence-corrected chi connectivity index (χ1v) is 10.00. The first-order valence-electron chi connectivity index (χ1n) is 10.00. The molecule has 150 valence electrons. The van der Waals surface area contributed by atoms with Crippen molar-refractivity contribution in [1.82, 2.24) is 15.0 Å². The maximum absolute atomic E-state index is 10.9. The van der Waals surface area contributed by atoms with Gasteiger partial charge in [-0.2, -0.15) is 0 Å². The molecule has 4 aromatic rings. The van der Waals surface area contributed by atoms with Gasteiger partial charge in [0.25, 0.3) is 0 Å². The van der Waals surface area contributed by atoms with E-state index in [9.17, 15) is 5.11 Å². The topological polar surface area (TPSA) is 68.1 Å². The molecule has 0 saturated carbocycles. The Morgan fingerprint density at radius 3 is 1.80 bits per heavy atom. The number of hydrogen-bond donors (Lipinski definition) is 1. The van der Waals surface area contributed by atoms with E-state index in [0.717, 1.165) is 17.5 Å². The van der Waals surface area contributed by atoms with Gasteiger partial charge in [0.2, 0.25) is 0 Å². The largest absolute Gasteiger partial charge is 0.507 e. The van der Waals surface area contributed by atoms with E-state index in [1.165, 1.54) is 0 Å². The molecular formula is C25H23N3O2. The molecule has 0 fully saturated rings. The highest BCUT2D eigenvalue weighted by Crippen LogP contribution is 2.36. The van der Waals surface area contributed by atoms with Crippen molar-refractivity contribution < 1.29 is 9.84 Å². The summed E-state index contributed by atoms with van der Waals surface area (Å²) < 4.78 is 5.73. The van der Waals surface area contributed by atoms with Crippen LogP contribution in [0.2, 0.25) is 0 Å². The number of ether oxygens (including phenoxy) is 1. The predicted molar refractivity (Wildman–Crippen MR) is 118 cm³/mol. The fraction of sp³-hybridized carbons (Fsp3) is 0.160. The zero-order chi connectivity index (χ0) is 20.9. The van der Waals surface area contributed by atoms with Crippen LogP contribution in [0, 0.1) is 6.92 Å². The van der Waals surface area contributed by atoms with Crippen molar-refractivity contribution in [3.8, 4) is 45.7 Å². The van der Waals surface area contributed by atoms with E-state index in [1.807, 2.05) is 80.6 Å². The molecule has 1 heterocycles. The second-order valence-corrected chi connectivity index (χ2v) is 6.97. The van der Waals surface area contributed by atoms with Gasteiger partial charge in [0.05, 0.1) is 12.2 Å². The third-order valence-electron chi connectivity index (χ3n) is 4.78. The number of benzene rings is 3. The molecule has 0 radical (unpaired) electrons. The number of nitrogens with zero attached hydrogens (tertiary/aromatic N) is 3. The molecule has 0 saturated heterocycles. The molecule has 3 aromatic carbocycles. The van der Waals surface area contributed by atoms with Gasteiger partial charge >= 0.3 is 0 Å².